The molecule has 0 fully saturated rings. The van der Waals surface area contributed by atoms with Crippen molar-refractivity contribution in [3.05, 3.63) is 41.6 Å². The third-order valence-electron chi connectivity index (χ3n) is 2.12. The van der Waals surface area contributed by atoms with Gasteiger partial charge in [-0.3, -0.25) is 5.41 Å². The molecular formula is C11H12ClN3. The first kappa shape index (κ1) is 11.5. The van der Waals surface area contributed by atoms with Crippen molar-refractivity contribution < 1.29 is 0 Å². The number of nitrogen functional groups attached to an aromatic ring is 1. The number of fused-ring (bicyclic) bond motifs is 1. The zero-order valence-electron chi connectivity index (χ0n) is 8.32. The van der Waals surface area contributed by atoms with Gasteiger partial charge in [-0.05, 0) is 24.6 Å². The highest BCUT2D eigenvalue weighted by Crippen LogP contribution is 2.13. The molecule has 2 aromatic rings. The standard InChI is InChI=1S/C11H11N3.ClH/c1-7-2-3-8-4-5-9(11(12)13)14-10(8)6-7;/h2-6H,1H3,(H3,12,13);1H. The Kier molecular flexibility index (Phi) is 3.27. The maximum Gasteiger partial charge on any atom is 0.141 e. The van der Waals surface area contributed by atoms with E-state index in [-0.39, 0.29) is 18.2 Å². The van der Waals surface area contributed by atoms with Gasteiger partial charge in [0.25, 0.3) is 0 Å². The fraction of sp³-hybridized carbons (Fsp3) is 0.0909. The number of pyridine rings is 1. The lowest BCUT2D eigenvalue weighted by Gasteiger charge is -2.01. The van der Waals surface area contributed by atoms with Crippen LogP contribution >= 0.6 is 12.4 Å². The Labute approximate surface area is 94.2 Å². The number of aryl methyl sites for hydroxylation is 1. The Bertz CT molecular complexity index is 508. The molecule has 0 atom stereocenters. The Morgan fingerprint density at radius 2 is 1.93 bits per heavy atom. The lowest BCUT2D eigenvalue weighted by Crippen LogP contribution is -2.12. The molecule has 4 heteroatoms. The highest BCUT2D eigenvalue weighted by Gasteiger charge is 2.00. The lowest BCUT2D eigenvalue weighted by atomic mass is 10.1. The van der Waals surface area contributed by atoms with E-state index in [1.165, 1.54) is 0 Å². The van der Waals surface area contributed by atoms with Crippen LogP contribution in [0.25, 0.3) is 10.9 Å². The number of nitrogens with two attached hydrogens (primary N) is 1. The van der Waals surface area contributed by atoms with E-state index < -0.39 is 0 Å². The van der Waals surface area contributed by atoms with Gasteiger partial charge in [0, 0.05) is 5.39 Å². The summed E-state index contributed by atoms with van der Waals surface area (Å²) in [7, 11) is 0. The number of nitrogens with one attached hydrogen (secondary N) is 1. The lowest BCUT2D eigenvalue weighted by molar-refractivity contribution is 1.30. The number of amidine groups is 1. The molecule has 0 aliphatic carbocycles. The molecule has 0 radical (unpaired) electrons. The zero-order valence-corrected chi connectivity index (χ0v) is 9.14. The molecule has 1 heterocycles. The van der Waals surface area contributed by atoms with Gasteiger partial charge in [0.05, 0.1) is 5.52 Å². The van der Waals surface area contributed by atoms with E-state index in [0.29, 0.717) is 5.69 Å². The summed E-state index contributed by atoms with van der Waals surface area (Å²) in [5.41, 5.74) is 7.94. The van der Waals surface area contributed by atoms with E-state index in [2.05, 4.69) is 4.98 Å². The average Bonchev–Trinajstić information content (AvgIpc) is 2.16. The second-order valence-corrected chi connectivity index (χ2v) is 3.31. The van der Waals surface area contributed by atoms with Crippen LogP contribution in [0.4, 0.5) is 0 Å². The Balaban J connectivity index is 0.00000112. The van der Waals surface area contributed by atoms with Crippen molar-refractivity contribution in [1.82, 2.24) is 4.98 Å². The fourth-order valence-electron chi connectivity index (χ4n) is 1.38. The smallest absolute Gasteiger partial charge is 0.141 e. The third kappa shape index (κ3) is 2.25. The normalized spacial score (nSPS) is 9.67. The number of rotatable bonds is 1. The summed E-state index contributed by atoms with van der Waals surface area (Å²) in [6, 6.07) is 9.74. The molecule has 0 amide bonds. The van der Waals surface area contributed by atoms with E-state index >= 15 is 0 Å². The zero-order chi connectivity index (χ0) is 10.1. The molecule has 0 aliphatic rings. The molecule has 3 N–H and O–H groups in total. The quantitative estimate of drug-likeness (QED) is 0.573. The number of aromatic nitrogens is 1. The summed E-state index contributed by atoms with van der Waals surface area (Å²) < 4.78 is 0. The van der Waals surface area contributed by atoms with E-state index in [4.69, 9.17) is 11.1 Å². The van der Waals surface area contributed by atoms with Gasteiger partial charge in [-0.2, -0.15) is 0 Å². The van der Waals surface area contributed by atoms with Crippen LogP contribution in [0.3, 0.4) is 0 Å². The molecule has 15 heavy (non-hydrogen) atoms. The van der Waals surface area contributed by atoms with Gasteiger partial charge in [0.15, 0.2) is 0 Å². The van der Waals surface area contributed by atoms with Crippen molar-refractivity contribution in [2.24, 2.45) is 5.73 Å². The van der Waals surface area contributed by atoms with Crippen LogP contribution < -0.4 is 5.73 Å². The van der Waals surface area contributed by atoms with Gasteiger partial charge >= 0.3 is 0 Å². The van der Waals surface area contributed by atoms with Crippen LogP contribution in [0.2, 0.25) is 0 Å². The summed E-state index contributed by atoms with van der Waals surface area (Å²) in [5, 5.41) is 8.35. The topological polar surface area (TPSA) is 62.8 Å². The molecule has 1 aromatic carbocycles. The fourth-order valence-corrected chi connectivity index (χ4v) is 1.38. The first-order valence-electron chi connectivity index (χ1n) is 4.38. The molecule has 0 saturated carbocycles. The summed E-state index contributed by atoms with van der Waals surface area (Å²) in [5.74, 6) is 0.00778. The van der Waals surface area contributed by atoms with Crippen LogP contribution in [0, 0.1) is 12.3 Å². The molecule has 0 bridgehead atoms. The summed E-state index contributed by atoms with van der Waals surface area (Å²) in [6.45, 7) is 2.02. The van der Waals surface area contributed by atoms with Gasteiger partial charge in [0.1, 0.15) is 11.5 Å². The Morgan fingerprint density at radius 3 is 2.60 bits per heavy atom. The second-order valence-electron chi connectivity index (χ2n) is 3.31. The predicted molar refractivity (Wildman–Crippen MR) is 64.7 cm³/mol. The molecule has 1 aromatic heterocycles. The highest BCUT2D eigenvalue weighted by atomic mass is 35.5. The van der Waals surface area contributed by atoms with Crippen LogP contribution in [0.5, 0.6) is 0 Å². The molecule has 0 aliphatic heterocycles. The average molecular weight is 222 g/mol. The predicted octanol–water partition coefficient (Wildman–Crippen LogP) is 2.25. The van der Waals surface area contributed by atoms with Crippen LogP contribution in [-0.2, 0) is 0 Å². The Morgan fingerprint density at radius 1 is 1.27 bits per heavy atom. The molecule has 2 rings (SSSR count). The van der Waals surface area contributed by atoms with Gasteiger partial charge in [0.2, 0.25) is 0 Å². The van der Waals surface area contributed by atoms with E-state index in [0.717, 1.165) is 16.5 Å². The van der Waals surface area contributed by atoms with Crippen molar-refractivity contribution in [2.45, 2.75) is 6.92 Å². The SMILES string of the molecule is Cc1ccc2ccc(C(=N)N)nc2c1.Cl. The minimum Gasteiger partial charge on any atom is -0.382 e. The number of hydrogen-bond acceptors (Lipinski definition) is 2. The molecule has 0 unspecified atom stereocenters. The minimum absolute atomic E-state index is 0. The van der Waals surface area contributed by atoms with E-state index in [9.17, 15) is 0 Å². The first-order chi connectivity index (χ1) is 6.66. The number of benzene rings is 1. The molecular weight excluding hydrogens is 210 g/mol. The monoisotopic (exact) mass is 221 g/mol. The second kappa shape index (κ2) is 4.28. The maximum absolute atomic E-state index is 7.28. The van der Waals surface area contributed by atoms with Gasteiger partial charge in [-0.15, -0.1) is 12.4 Å². The third-order valence-corrected chi connectivity index (χ3v) is 2.12. The summed E-state index contributed by atoms with van der Waals surface area (Å²) >= 11 is 0. The van der Waals surface area contributed by atoms with Crippen molar-refractivity contribution in [3.63, 3.8) is 0 Å². The molecule has 3 nitrogen and oxygen atoms in total. The number of hydrogen-bond donors (Lipinski definition) is 2. The maximum atomic E-state index is 7.28. The van der Waals surface area contributed by atoms with Crippen molar-refractivity contribution >= 4 is 29.1 Å². The summed E-state index contributed by atoms with van der Waals surface area (Å²) in [4.78, 5) is 4.29. The first-order valence-corrected chi connectivity index (χ1v) is 4.38. The highest BCUT2D eigenvalue weighted by molar-refractivity contribution is 5.95. The van der Waals surface area contributed by atoms with Crippen LogP contribution in [-0.4, -0.2) is 10.8 Å². The van der Waals surface area contributed by atoms with Crippen LogP contribution in [0.15, 0.2) is 30.3 Å². The van der Waals surface area contributed by atoms with E-state index in [1.54, 1.807) is 6.07 Å². The van der Waals surface area contributed by atoms with Crippen LogP contribution in [0.1, 0.15) is 11.3 Å². The van der Waals surface area contributed by atoms with Crippen molar-refractivity contribution in [2.75, 3.05) is 0 Å². The largest absolute Gasteiger partial charge is 0.382 e. The minimum atomic E-state index is 0. The van der Waals surface area contributed by atoms with Crippen molar-refractivity contribution in [1.29, 1.82) is 5.41 Å². The van der Waals surface area contributed by atoms with E-state index in [1.807, 2.05) is 31.2 Å². The summed E-state index contributed by atoms with van der Waals surface area (Å²) in [6.07, 6.45) is 0. The molecule has 78 valence electrons. The van der Waals surface area contributed by atoms with Gasteiger partial charge in [-0.1, -0.05) is 18.2 Å². The number of halogens is 1. The van der Waals surface area contributed by atoms with Crippen molar-refractivity contribution in [3.8, 4) is 0 Å². The molecule has 0 spiro atoms. The van der Waals surface area contributed by atoms with Gasteiger partial charge in [-0.25, -0.2) is 4.98 Å². The van der Waals surface area contributed by atoms with Gasteiger partial charge < -0.3 is 5.73 Å². The number of nitrogens with zero attached hydrogens (tertiary/aromatic N) is 1. The molecule has 0 saturated heterocycles. The Hall–Kier alpha value is -1.61.